The van der Waals surface area contributed by atoms with E-state index in [0.717, 1.165) is 11.3 Å². The van der Waals surface area contributed by atoms with E-state index in [1.54, 1.807) is 6.07 Å². The van der Waals surface area contributed by atoms with Gasteiger partial charge in [-0.2, -0.15) is 0 Å². The lowest BCUT2D eigenvalue weighted by atomic mass is 10.2. The van der Waals surface area contributed by atoms with Crippen molar-refractivity contribution in [1.29, 1.82) is 0 Å². The van der Waals surface area contributed by atoms with E-state index < -0.39 is 4.92 Å². The number of nitro benzene ring substituents is 1. The summed E-state index contributed by atoms with van der Waals surface area (Å²) >= 11 is 5.85. The summed E-state index contributed by atoms with van der Waals surface area (Å²) in [4.78, 5) is 10.5. The van der Waals surface area contributed by atoms with Crippen LogP contribution in [0.25, 0.3) is 0 Å². The molecule has 92 valence electrons. The summed E-state index contributed by atoms with van der Waals surface area (Å²) in [5.74, 6) is 0. The van der Waals surface area contributed by atoms with Crippen LogP contribution in [0.15, 0.2) is 42.5 Å². The number of aryl methyl sites for hydroxylation is 1. The summed E-state index contributed by atoms with van der Waals surface area (Å²) in [6.45, 7) is 1.98. The second-order valence-electron chi connectivity index (χ2n) is 3.91. The predicted molar refractivity (Wildman–Crippen MR) is 72.6 cm³/mol. The highest BCUT2D eigenvalue weighted by Gasteiger charge is 2.13. The van der Waals surface area contributed by atoms with E-state index in [-0.39, 0.29) is 5.69 Å². The lowest BCUT2D eigenvalue weighted by molar-refractivity contribution is -0.383. The van der Waals surface area contributed by atoms with Crippen molar-refractivity contribution in [2.75, 3.05) is 5.32 Å². The fourth-order valence-electron chi connectivity index (χ4n) is 1.56. The Bertz CT molecular complexity index is 582. The van der Waals surface area contributed by atoms with Gasteiger partial charge in [0.05, 0.1) is 4.92 Å². The summed E-state index contributed by atoms with van der Waals surface area (Å²) in [7, 11) is 0. The van der Waals surface area contributed by atoms with Gasteiger partial charge in [-0.3, -0.25) is 10.1 Å². The number of nitrogens with one attached hydrogen (secondary N) is 1. The zero-order valence-electron chi connectivity index (χ0n) is 9.68. The highest BCUT2D eigenvalue weighted by Crippen LogP contribution is 2.30. The first-order valence-electron chi connectivity index (χ1n) is 5.34. The second kappa shape index (κ2) is 5.06. The Morgan fingerprint density at radius 2 is 1.83 bits per heavy atom. The van der Waals surface area contributed by atoms with Crippen LogP contribution in [0.3, 0.4) is 0 Å². The Balaban J connectivity index is 2.35. The van der Waals surface area contributed by atoms with E-state index in [2.05, 4.69) is 5.32 Å². The third kappa shape index (κ3) is 2.78. The number of halogens is 1. The lowest BCUT2D eigenvalue weighted by Gasteiger charge is -2.07. The van der Waals surface area contributed by atoms with Crippen LogP contribution >= 0.6 is 11.6 Å². The van der Waals surface area contributed by atoms with Gasteiger partial charge in [0, 0.05) is 16.8 Å². The van der Waals surface area contributed by atoms with Crippen molar-refractivity contribution in [3.8, 4) is 0 Å². The molecule has 0 aromatic heterocycles. The summed E-state index contributed by atoms with van der Waals surface area (Å²) in [5, 5.41) is 14.3. The SMILES string of the molecule is Cc1ccc(Nc2cc(Cl)ccc2[N+](=O)[O-])cc1. The van der Waals surface area contributed by atoms with Gasteiger partial charge in [-0.1, -0.05) is 29.3 Å². The minimum absolute atomic E-state index is 0.0000231. The molecular formula is C13H11ClN2O2. The first-order valence-corrected chi connectivity index (χ1v) is 5.72. The molecule has 0 radical (unpaired) electrons. The minimum Gasteiger partial charge on any atom is -0.350 e. The quantitative estimate of drug-likeness (QED) is 0.663. The van der Waals surface area contributed by atoms with Crippen molar-refractivity contribution in [2.24, 2.45) is 0 Å². The molecule has 5 heteroatoms. The number of hydrogen-bond acceptors (Lipinski definition) is 3. The average Bonchev–Trinajstić information content (AvgIpc) is 2.32. The minimum atomic E-state index is -0.438. The molecule has 0 unspecified atom stereocenters. The maximum absolute atomic E-state index is 10.9. The van der Waals surface area contributed by atoms with Crippen molar-refractivity contribution in [1.82, 2.24) is 0 Å². The predicted octanol–water partition coefficient (Wildman–Crippen LogP) is 4.30. The fraction of sp³-hybridized carbons (Fsp3) is 0.0769. The molecule has 0 atom stereocenters. The Morgan fingerprint density at radius 1 is 1.17 bits per heavy atom. The molecule has 0 amide bonds. The van der Waals surface area contributed by atoms with E-state index in [1.165, 1.54) is 12.1 Å². The monoisotopic (exact) mass is 262 g/mol. The number of anilines is 2. The van der Waals surface area contributed by atoms with Gasteiger partial charge in [-0.15, -0.1) is 0 Å². The first-order chi connectivity index (χ1) is 8.56. The summed E-state index contributed by atoms with van der Waals surface area (Å²) in [5.41, 5.74) is 2.29. The Hall–Kier alpha value is -2.07. The van der Waals surface area contributed by atoms with Gasteiger partial charge < -0.3 is 5.32 Å². The lowest BCUT2D eigenvalue weighted by Crippen LogP contribution is -1.96. The zero-order chi connectivity index (χ0) is 13.1. The standard InChI is InChI=1S/C13H11ClN2O2/c1-9-2-5-11(6-3-9)15-12-8-10(14)4-7-13(12)16(17)18/h2-8,15H,1H3. The van der Waals surface area contributed by atoms with E-state index in [9.17, 15) is 10.1 Å². The van der Waals surface area contributed by atoms with Crippen molar-refractivity contribution in [3.63, 3.8) is 0 Å². The first kappa shape index (κ1) is 12.4. The molecule has 0 fully saturated rings. The van der Waals surface area contributed by atoms with Crippen molar-refractivity contribution in [3.05, 3.63) is 63.2 Å². The van der Waals surface area contributed by atoms with Gasteiger partial charge in [0.1, 0.15) is 5.69 Å². The average molecular weight is 263 g/mol. The van der Waals surface area contributed by atoms with Crippen LogP contribution in [0, 0.1) is 17.0 Å². The van der Waals surface area contributed by atoms with Crippen LogP contribution in [0.1, 0.15) is 5.56 Å². The Labute approximate surface area is 109 Å². The van der Waals surface area contributed by atoms with Crippen LogP contribution in [0.2, 0.25) is 5.02 Å². The summed E-state index contributed by atoms with van der Waals surface area (Å²) in [6.07, 6.45) is 0. The molecule has 0 aliphatic carbocycles. The van der Waals surface area contributed by atoms with Gasteiger partial charge in [0.15, 0.2) is 0 Å². The van der Waals surface area contributed by atoms with E-state index in [0.29, 0.717) is 10.7 Å². The third-order valence-corrected chi connectivity index (χ3v) is 2.72. The van der Waals surface area contributed by atoms with Gasteiger partial charge in [-0.25, -0.2) is 0 Å². The van der Waals surface area contributed by atoms with Gasteiger partial charge in [-0.05, 0) is 31.2 Å². The topological polar surface area (TPSA) is 55.2 Å². The van der Waals surface area contributed by atoms with E-state index in [4.69, 9.17) is 11.6 Å². The zero-order valence-corrected chi connectivity index (χ0v) is 10.4. The number of nitrogens with zero attached hydrogens (tertiary/aromatic N) is 1. The Kier molecular flexibility index (Phi) is 3.48. The van der Waals surface area contributed by atoms with Crippen molar-refractivity contribution >= 4 is 28.7 Å². The van der Waals surface area contributed by atoms with Crippen molar-refractivity contribution < 1.29 is 4.92 Å². The molecule has 0 aliphatic rings. The molecule has 18 heavy (non-hydrogen) atoms. The maximum atomic E-state index is 10.9. The molecule has 0 bridgehead atoms. The largest absolute Gasteiger partial charge is 0.350 e. The van der Waals surface area contributed by atoms with Gasteiger partial charge in [0.2, 0.25) is 0 Å². The van der Waals surface area contributed by atoms with E-state index in [1.807, 2.05) is 31.2 Å². The maximum Gasteiger partial charge on any atom is 0.292 e. The Morgan fingerprint density at radius 3 is 2.44 bits per heavy atom. The molecule has 0 saturated heterocycles. The molecule has 0 aliphatic heterocycles. The molecule has 4 nitrogen and oxygen atoms in total. The molecule has 0 heterocycles. The van der Waals surface area contributed by atoms with E-state index >= 15 is 0 Å². The number of hydrogen-bond donors (Lipinski definition) is 1. The summed E-state index contributed by atoms with van der Waals surface area (Å²) < 4.78 is 0. The van der Waals surface area contributed by atoms with Crippen LogP contribution in [0.4, 0.5) is 17.1 Å². The normalized spacial score (nSPS) is 10.1. The number of nitro groups is 1. The highest BCUT2D eigenvalue weighted by atomic mass is 35.5. The summed E-state index contributed by atoms with van der Waals surface area (Å²) in [6, 6.07) is 12.0. The van der Waals surface area contributed by atoms with Crippen LogP contribution in [-0.2, 0) is 0 Å². The smallest absolute Gasteiger partial charge is 0.292 e. The van der Waals surface area contributed by atoms with Gasteiger partial charge >= 0.3 is 0 Å². The molecule has 2 aromatic rings. The fourth-order valence-corrected chi connectivity index (χ4v) is 1.73. The molecule has 0 spiro atoms. The molecule has 1 N–H and O–H groups in total. The van der Waals surface area contributed by atoms with Crippen molar-refractivity contribution in [2.45, 2.75) is 6.92 Å². The second-order valence-corrected chi connectivity index (χ2v) is 4.35. The van der Waals surface area contributed by atoms with Crippen LogP contribution in [-0.4, -0.2) is 4.92 Å². The molecule has 2 aromatic carbocycles. The van der Waals surface area contributed by atoms with Gasteiger partial charge in [0.25, 0.3) is 5.69 Å². The number of benzene rings is 2. The van der Waals surface area contributed by atoms with Crippen LogP contribution in [0.5, 0.6) is 0 Å². The third-order valence-electron chi connectivity index (χ3n) is 2.49. The van der Waals surface area contributed by atoms with Crippen LogP contribution < -0.4 is 5.32 Å². The molecule has 2 rings (SSSR count). The molecular weight excluding hydrogens is 252 g/mol. The number of rotatable bonds is 3. The highest BCUT2D eigenvalue weighted by molar-refractivity contribution is 6.31. The molecule has 0 saturated carbocycles.